The lowest BCUT2D eigenvalue weighted by Crippen LogP contribution is -2.16. The second kappa shape index (κ2) is 5.26. The lowest BCUT2D eigenvalue weighted by atomic mass is 9.99. The van der Waals surface area contributed by atoms with Crippen LogP contribution in [0.3, 0.4) is 0 Å². The van der Waals surface area contributed by atoms with Gasteiger partial charge in [0.05, 0.1) is 6.61 Å². The van der Waals surface area contributed by atoms with Gasteiger partial charge in [0.15, 0.2) is 0 Å². The van der Waals surface area contributed by atoms with Crippen LogP contribution in [0.5, 0.6) is 5.75 Å². The first kappa shape index (κ1) is 12.7. The highest BCUT2D eigenvalue weighted by Crippen LogP contribution is 2.23. The predicted molar refractivity (Wildman–Crippen MR) is 76.8 cm³/mol. The SMILES string of the molecule is CC(C)(C)COc1ccc(-c2ccccc2)cc1. The second-order valence-corrected chi connectivity index (χ2v) is 5.74. The van der Waals surface area contributed by atoms with Crippen LogP contribution in [-0.4, -0.2) is 6.61 Å². The van der Waals surface area contributed by atoms with Gasteiger partial charge in [0.1, 0.15) is 5.75 Å². The molecular formula is C17H20O. The highest BCUT2D eigenvalue weighted by Gasteiger charge is 2.10. The van der Waals surface area contributed by atoms with Gasteiger partial charge in [0.2, 0.25) is 0 Å². The molecule has 1 nitrogen and oxygen atoms in total. The van der Waals surface area contributed by atoms with E-state index in [1.807, 2.05) is 18.2 Å². The summed E-state index contributed by atoms with van der Waals surface area (Å²) in [5, 5.41) is 0. The van der Waals surface area contributed by atoms with E-state index < -0.39 is 0 Å². The first-order chi connectivity index (χ1) is 8.54. The molecule has 0 amide bonds. The molecule has 0 aliphatic heterocycles. The fourth-order valence-electron chi connectivity index (χ4n) is 1.67. The summed E-state index contributed by atoms with van der Waals surface area (Å²) in [4.78, 5) is 0. The zero-order chi connectivity index (χ0) is 13.0. The van der Waals surface area contributed by atoms with Crippen LogP contribution in [0.1, 0.15) is 20.8 Å². The minimum absolute atomic E-state index is 0.193. The van der Waals surface area contributed by atoms with Crippen LogP contribution in [0.2, 0.25) is 0 Å². The highest BCUT2D eigenvalue weighted by molar-refractivity contribution is 5.63. The molecule has 0 fully saturated rings. The van der Waals surface area contributed by atoms with Crippen molar-refractivity contribution in [3.63, 3.8) is 0 Å². The number of rotatable bonds is 3. The van der Waals surface area contributed by atoms with Gasteiger partial charge >= 0.3 is 0 Å². The monoisotopic (exact) mass is 240 g/mol. The maximum absolute atomic E-state index is 5.76. The van der Waals surface area contributed by atoms with E-state index in [2.05, 4.69) is 57.2 Å². The van der Waals surface area contributed by atoms with E-state index in [1.54, 1.807) is 0 Å². The molecule has 0 aliphatic rings. The third-order valence-electron chi connectivity index (χ3n) is 2.63. The van der Waals surface area contributed by atoms with Crippen molar-refractivity contribution >= 4 is 0 Å². The molecule has 0 unspecified atom stereocenters. The standard InChI is InChI=1S/C17H20O/c1-17(2,3)13-18-16-11-9-15(10-12-16)14-7-5-4-6-8-14/h4-12H,13H2,1-3H3. The third kappa shape index (κ3) is 3.63. The average Bonchev–Trinajstić information content (AvgIpc) is 2.37. The Hall–Kier alpha value is -1.76. The van der Waals surface area contributed by atoms with Crippen molar-refractivity contribution in [2.45, 2.75) is 20.8 Å². The lowest BCUT2D eigenvalue weighted by molar-refractivity contribution is 0.198. The van der Waals surface area contributed by atoms with Gasteiger partial charge in [-0.05, 0) is 28.7 Å². The Kier molecular flexibility index (Phi) is 3.71. The minimum atomic E-state index is 0.193. The first-order valence-electron chi connectivity index (χ1n) is 6.33. The molecule has 18 heavy (non-hydrogen) atoms. The molecule has 2 rings (SSSR count). The summed E-state index contributed by atoms with van der Waals surface area (Å²) < 4.78 is 5.76. The Morgan fingerprint density at radius 1 is 0.778 bits per heavy atom. The molecule has 0 radical (unpaired) electrons. The normalized spacial score (nSPS) is 11.3. The quantitative estimate of drug-likeness (QED) is 0.750. The Balaban J connectivity index is 2.07. The Morgan fingerprint density at radius 2 is 1.33 bits per heavy atom. The molecule has 1 heteroatoms. The lowest BCUT2D eigenvalue weighted by Gasteiger charge is -2.18. The van der Waals surface area contributed by atoms with Crippen molar-refractivity contribution < 1.29 is 4.74 Å². The molecule has 0 saturated carbocycles. The van der Waals surface area contributed by atoms with Gasteiger partial charge < -0.3 is 4.74 Å². The fourth-order valence-corrected chi connectivity index (χ4v) is 1.67. The second-order valence-electron chi connectivity index (χ2n) is 5.74. The number of hydrogen-bond donors (Lipinski definition) is 0. The van der Waals surface area contributed by atoms with Gasteiger partial charge in [-0.15, -0.1) is 0 Å². The largest absolute Gasteiger partial charge is 0.493 e. The van der Waals surface area contributed by atoms with Crippen LogP contribution in [0.4, 0.5) is 0 Å². The summed E-state index contributed by atoms with van der Waals surface area (Å²) in [5.41, 5.74) is 2.65. The van der Waals surface area contributed by atoms with E-state index in [1.165, 1.54) is 11.1 Å². The van der Waals surface area contributed by atoms with Gasteiger partial charge in [-0.25, -0.2) is 0 Å². The average molecular weight is 240 g/mol. The number of benzene rings is 2. The molecule has 0 spiro atoms. The van der Waals surface area contributed by atoms with E-state index in [4.69, 9.17) is 4.74 Å². The first-order valence-corrected chi connectivity index (χ1v) is 6.33. The van der Waals surface area contributed by atoms with Crippen molar-refractivity contribution in [3.05, 3.63) is 54.6 Å². The summed E-state index contributed by atoms with van der Waals surface area (Å²) in [6.45, 7) is 7.25. The molecule has 2 aromatic rings. The molecular weight excluding hydrogens is 220 g/mol. The molecule has 0 atom stereocenters. The molecule has 0 saturated heterocycles. The van der Waals surface area contributed by atoms with E-state index in [0.29, 0.717) is 0 Å². The third-order valence-corrected chi connectivity index (χ3v) is 2.63. The molecule has 2 aromatic carbocycles. The zero-order valence-electron chi connectivity index (χ0n) is 11.3. The smallest absolute Gasteiger partial charge is 0.119 e. The van der Waals surface area contributed by atoms with Gasteiger partial charge in [0.25, 0.3) is 0 Å². The van der Waals surface area contributed by atoms with Gasteiger partial charge in [-0.1, -0.05) is 63.2 Å². The maximum Gasteiger partial charge on any atom is 0.119 e. The van der Waals surface area contributed by atoms with Crippen LogP contribution < -0.4 is 4.74 Å². The molecule has 0 aromatic heterocycles. The van der Waals surface area contributed by atoms with Crippen LogP contribution in [-0.2, 0) is 0 Å². The maximum atomic E-state index is 5.76. The summed E-state index contributed by atoms with van der Waals surface area (Å²) in [5.74, 6) is 0.935. The van der Waals surface area contributed by atoms with E-state index in [-0.39, 0.29) is 5.41 Å². The number of ether oxygens (including phenoxy) is 1. The predicted octanol–water partition coefficient (Wildman–Crippen LogP) is 4.78. The van der Waals surface area contributed by atoms with Crippen molar-refractivity contribution in [1.29, 1.82) is 0 Å². The summed E-state index contributed by atoms with van der Waals surface area (Å²) >= 11 is 0. The van der Waals surface area contributed by atoms with Crippen molar-refractivity contribution in [2.24, 2.45) is 5.41 Å². The fraction of sp³-hybridized carbons (Fsp3) is 0.294. The van der Waals surface area contributed by atoms with Crippen LogP contribution in [0.25, 0.3) is 11.1 Å². The highest BCUT2D eigenvalue weighted by atomic mass is 16.5. The Labute approximate surface area is 109 Å². The topological polar surface area (TPSA) is 9.23 Å². The van der Waals surface area contributed by atoms with Gasteiger partial charge in [-0.3, -0.25) is 0 Å². The molecule has 0 heterocycles. The summed E-state index contributed by atoms with van der Waals surface area (Å²) in [6.07, 6.45) is 0. The van der Waals surface area contributed by atoms with Gasteiger partial charge in [0, 0.05) is 0 Å². The van der Waals surface area contributed by atoms with Crippen molar-refractivity contribution in [3.8, 4) is 16.9 Å². The Morgan fingerprint density at radius 3 is 1.89 bits per heavy atom. The summed E-state index contributed by atoms with van der Waals surface area (Å²) in [6, 6.07) is 18.7. The molecule has 0 N–H and O–H groups in total. The van der Waals surface area contributed by atoms with Crippen LogP contribution >= 0.6 is 0 Å². The van der Waals surface area contributed by atoms with E-state index in [0.717, 1.165) is 12.4 Å². The zero-order valence-corrected chi connectivity index (χ0v) is 11.3. The molecule has 0 aliphatic carbocycles. The molecule has 0 bridgehead atoms. The molecule has 94 valence electrons. The van der Waals surface area contributed by atoms with Crippen LogP contribution in [0.15, 0.2) is 54.6 Å². The van der Waals surface area contributed by atoms with E-state index in [9.17, 15) is 0 Å². The van der Waals surface area contributed by atoms with Gasteiger partial charge in [-0.2, -0.15) is 0 Å². The minimum Gasteiger partial charge on any atom is -0.493 e. The van der Waals surface area contributed by atoms with Crippen molar-refractivity contribution in [1.82, 2.24) is 0 Å². The van der Waals surface area contributed by atoms with E-state index >= 15 is 0 Å². The number of hydrogen-bond acceptors (Lipinski definition) is 1. The summed E-state index contributed by atoms with van der Waals surface area (Å²) in [7, 11) is 0. The van der Waals surface area contributed by atoms with Crippen molar-refractivity contribution in [2.75, 3.05) is 6.61 Å². The van der Waals surface area contributed by atoms with Crippen LogP contribution in [0, 0.1) is 5.41 Å². The Bertz CT molecular complexity index is 477.